The van der Waals surface area contributed by atoms with E-state index in [1.54, 1.807) is 6.92 Å². The molecule has 0 fully saturated rings. The van der Waals surface area contributed by atoms with Gasteiger partial charge in [-0.05, 0) is 43.4 Å². The van der Waals surface area contributed by atoms with E-state index >= 15 is 0 Å². The maximum atomic E-state index is 11.1. The highest BCUT2D eigenvalue weighted by Gasteiger charge is 2.14. The lowest BCUT2D eigenvalue weighted by Gasteiger charge is -2.13. The predicted molar refractivity (Wildman–Crippen MR) is 64.6 cm³/mol. The minimum absolute atomic E-state index is 0.0435. The lowest BCUT2D eigenvalue weighted by atomic mass is 9.95. The third kappa shape index (κ3) is 3.07. The van der Waals surface area contributed by atoms with Crippen molar-refractivity contribution in [1.82, 2.24) is 0 Å². The normalized spacial score (nSPS) is 12.5. The van der Waals surface area contributed by atoms with E-state index in [1.807, 2.05) is 0 Å². The first-order valence-corrected chi connectivity index (χ1v) is 5.71. The molecule has 0 aliphatic carbocycles. The number of carbonyl (C=O) groups is 1. The molecule has 0 aliphatic heterocycles. The van der Waals surface area contributed by atoms with Crippen LogP contribution in [-0.2, 0) is 17.6 Å². The van der Waals surface area contributed by atoms with Crippen LogP contribution in [0.15, 0.2) is 18.2 Å². The van der Waals surface area contributed by atoms with Crippen molar-refractivity contribution in [3.8, 4) is 0 Å². The lowest BCUT2D eigenvalue weighted by molar-refractivity contribution is -0.116. The molecule has 2 heteroatoms. The summed E-state index contributed by atoms with van der Waals surface area (Å²) in [5, 5.41) is -0.392. The van der Waals surface area contributed by atoms with Crippen molar-refractivity contribution in [2.45, 2.75) is 39.0 Å². The topological polar surface area (TPSA) is 17.1 Å². The molecule has 0 heterocycles. The third-order valence-electron chi connectivity index (χ3n) is 2.71. The number of Topliss-reactive ketones (excluding diaryl/α,β-unsaturated/α-hetero) is 1. The highest BCUT2D eigenvalue weighted by Crippen LogP contribution is 2.19. The van der Waals surface area contributed by atoms with E-state index in [0.29, 0.717) is 6.42 Å². The van der Waals surface area contributed by atoms with Crippen molar-refractivity contribution in [3.05, 3.63) is 34.9 Å². The van der Waals surface area contributed by atoms with Gasteiger partial charge in [-0.25, -0.2) is 0 Å². The molecule has 1 atom stereocenters. The van der Waals surface area contributed by atoms with Gasteiger partial charge in [0.1, 0.15) is 5.78 Å². The van der Waals surface area contributed by atoms with Gasteiger partial charge in [0, 0.05) is 0 Å². The Hall–Kier alpha value is -0.820. The van der Waals surface area contributed by atoms with Crippen LogP contribution in [0.2, 0.25) is 0 Å². The molecule has 1 rings (SSSR count). The van der Waals surface area contributed by atoms with Crippen molar-refractivity contribution in [3.63, 3.8) is 0 Å². The number of halogens is 1. The molecule has 0 radical (unpaired) electrons. The molecule has 82 valence electrons. The summed E-state index contributed by atoms with van der Waals surface area (Å²) in [6.45, 7) is 5.73. The summed E-state index contributed by atoms with van der Waals surface area (Å²) in [5.74, 6) is 0.0435. The molecule has 0 saturated heterocycles. The number of alkyl halides is 1. The fourth-order valence-electron chi connectivity index (χ4n) is 1.71. The zero-order valence-electron chi connectivity index (χ0n) is 9.51. The molecule has 1 nitrogen and oxygen atoms in total. The van der Waals surface area contributed by atoms with Gasteiger partial charge >= 0.3 is 0 Å². The first-order chi connectivity index (χ1) is 7.06. The second-order valence-corrected chi connectivity index (χ2v) is 4.38. The SMILES string of the molecule is CCc1cccc(C)c1CC(Cl)C(C)=O. The molecule has 1 unspecified atom stereocenters. The van der Waals surface area contributed by atoms with E-state index in [0.717, 1.165) is 6.42 Å². The summed E-state index contributed by atoms with van der Waals surface area (Å²) in [4.78, 5) is 11.1. The van der Waals surface area contributed by atoms with Gasteiger partial charge in [0.2, 0.25) is 0 Å². The molecule has 0 N–H and O–H groups in total. The van der Waals surface area contributed by atoms with Gasteiger partial charge < -0.3 is 0 Å². The highest BCUT2D eigenvalue weighted by atomic mass is 35.5. The van der Waals surface area contributed by atoms with Crippen LogP contribution in [-0.4, -0.2) is 11.2 Å². The van der Waals surface area contributed by atoms with Crippen molar-refractivity contribution >= 4 is 17.4 Å². The van der Waals surface area contributed by atoms with Gasteiger partial charge in [0.25, 0.3) is 0 Å². The van der Waals surface area contributed by atoms with E-state index < -0.39 is 5.38 Å². The fraction of sp³-hybridized carbons (Fsp3) is 0.462. The van der Waals surface area contributed by atoms with Gasteiger partial charge in [-0.15, -0.1) is 11.6 Å². The van der Waals surface area contributed by atoms with E-state index in [4.69, 9.17) is 11.6 Å². The maximum Gasteiger partial charge on any atom is 0.147 e. The molecule has 0 amide bonds. The minimum atomic E-state index is -0.392. The summed E-state index contributed by atoms with van der Waals surface area (Å²) in [6.07, 6.45) is 1.63. The van der Waals surface area contributed by atoms with Gasteiger partial charge in [-0.2, -0.15) is 0 Å². The third-order valence-corrected chi connectivity index (χ3v) is 3.17. The Kier molecular flexibility index (Phi) is 4.34. The Balaban J connectivity index is 2.97. The summed E-state index contributed by atoms with van der Waals surface area (Å²) >= 11 is 6.00. The second-order valence-electron chi connectivity index (χ2n) is 3.85. The van der Waals surface area contributed by atoms with E-state index in [1.165, 1.54) is 16.7 Å². The smallest absolute Gasteiger partial charge is 0.147 e. The average molecular weight is 225 g/mol. The van der Waals surface area contributed by atoms with E-state index in [9.17, 15) is 4.79 Å². The van der Waals surface area contributed by atoms with Gasteiger partial charge in [0.05, 0.1) is 5.38 Å². The number of hydrogen-bond donors (Lipinski definition) is 0. The highest BCUT2D eigenvalue weighted by molar-refractivity contribution is 6.30. The summed E-state index contributed by atoms with van der Waals surface area (Å²) in [5.41, 5.74) is 3.75. The standard InChI is InChI=1S/C13H17ClO/c1-4-11-7-5-6-9(2)12(11)8-13(14)10(3)15/h5-7,13H,4,8H2,1-3H3. The Morgan fingerprint density at radius 2 is 2.13 bits per heavy atom. The van der Waals surface area contributed by atoms with Crippen LogP contribution in [0.5, 0.6) is 0 Å². The van der Waals surface area contributed by atoms with Crippen LogP contribution >= 0.6 is 11.6 Å². The molecule has 15 heavy (non-hydrogen) atoms. The predicted octanol–water partition coefficient (Wildman–Crippen LogP) is 3.30. The Morgan fingerprint density at radius 1 is 1.47 bits per heavy atom. The number of carbonyl (C=O) groups excluding carboxylic acids is 1. The van der Waals surface area contributed by atoms with Gasteiger partial charge in [0.15, 0.2) is 0 Å². The number of aryl methyl sites for hydroxylation is 2. The Labute approximate surface area is 96.5 Å². The first-order valence-electron chi connectivity index (χ1n) is 5.28. The van der Waals surface area contributed by atoms with Crippen molar-refractivity contribution in [2.75, 3.05) is 0 Å². The van der Waals surface area contributed by atoms with E-state index in [2.05, 4.69) is 32.0 Å². The van der Waals surface area contributed by atoms with Gasteiger partial charge in [-0.3, -0.25) is 4.79 Å². The van der Waals surface area contributed by atoms with Crippen LogP contribution in [0.3, 0.4) is 0 Å². The molecule has 0 aliphatic rings. The van der Waals surface area contributed by atoms with Crippen molar-refractivity contribution in [2.24, 2.45) is 0 Å². The largest absolute Gasteiger partial charge is 0.298 e. The molecule has 0 aromatic heterocycles. The number of rotatable bonds is 4. The maximum absolute atomic E-state index is 11.1. The summed E-state index contributed by atoms with van der Waals surface area (Å²) in [6, 6.07) is 6.22. The zero-order valence-corrected chi connectivity index (χ0v) is 10.3. The van der Waals surface area contributed by atoms with Gasteiger partial charge in [-0.1, -0.05) is 25.1 Å². The zero-order chi connectivity index (χ0) is 11.4. The molecule has 1 aromatic carbocycles. The van der Waals surface area contributed by atoms with Crippen LogP contribution in [0.1, 0.15) is 30.5 Å². The van der Waals surface area contributed by atoms with Crippen molar-refractivity contribution in [1.29, 1.82) is 0 Å². The number of hydrogen-bond acceptors (Lipinski definition) is 1. The lowest BCUT2D eigenvalue weighted by Crippen LogP contribution is -2.15. The van der Waals surface area contributed by atoms with E-state index in [-0.39, 0.29) is 5.78 Å². The van der Waals surface area contributed by atoms with Crippen LogP contribution in [0.25, 0.3) is 0 Å². The summed E-state index contributed by atoms with van der Waals surface area (Å²) < 4.78 is 0. The fourth-order valence-corrected chi connectivity index (χ4v) is 1.86. The molecular weight excluding hydrogens is 208 g/mol. The van der Waals surface area contributed by atoms with Crippen LogP contribution < -0.4 is 0 Å². The average Bonchev–Trinajstić information content (AvgIpc) is 2.20. The minimum Gasteiger partial charge on any atom is -0.298 e. The second kappa shape index (κ2) is 5.32. The number of ketones is 1. The molecule has 0 saturated carbocycles. The number of benzene rings is 1. The monoisotopic (exact) mass is 224 g/mol. The molecular formula is C13H17ClO. The Bertz CT molecular complexity index is 358. The first kappa shape index (κ1) is 12.3. The molecule has 0 bridgehead atoms. The summed E-state index contributed by atoms with van der Waals surface area (Å²) in [7, 11) is 0. The van der Waals surface area contributed by atoms with Crippen molar-refractivity contribution < 1.29 is 4.79 Å². The quantitative estimate of drug-likeness (QED) is 0.718. The Morgan fingerprint density at radius 3 is 2.67 bits per heavy atom. The van der Waals surface area contributed by atoms with Crippen LogP contribution in [0.4, 0.5) is 0 Å². The molecule has 0 spiro atoms. The van der Waals surface area contributed by atoms with Crippen LogP contribution in [0, 0.1) is 6.92 Å². The molecule has 1 aromatic rings.